The van der Waals surface area contributed by atoms with Gasteiger partial charge in [0.2, 0.25) is 5.91 Å². The fraction of sp³-hybridized carbons (Fsp3) is 0.364. The van der Waals surface area contributed by atoms with Crippen molar-refractivity contribution in [1.82, 2.24) is 0 Å². The Bertz CT molecular complexity index is 422. The zero-order valence-corrected chi connectivity index (χ0v) is 9.70. The summed E-state index contributed by atoms with van der Waals surface area (Å²) in [7, 11) is 1.59. The molecular formula is C11H13ClN2O2. The second-order valence-corrected chi connectivity index (χ2v) is 4.05. The molecule has 1 unspecified atom stereocenters. The van der Waals surface area contributed by atoms with Crippen molar-refractivity contribution >= 4 is 23.2 Å². The number of nitrogens with two attached hydrogens (primary N) is 1. The average molecular weight is 241 g/mol. The van der Waals surface area contributed by atoms with E-state index in [1.807, 2.05) is 6.07 Å². The number of methoxy groups -OCH3 is 1. The highest BCUT2D eigenvalue weighted by Crippen LogP contribution is 2.39. The van der Waals surface area contributed by atoms with E-state index < -0.39 is 6.04 Å². The molecule has 0 saturated heterocycles. The number of carbonyl (C=O) groups excluding carboxylic acids is 1. The molecule has 1 atom stereocenters. The number of carbonyl (C=O) groups is 1. The smallest absolute Gasteiger partial charge is 0.248 e. The standard InChI is InChI=1S/C11H13ClN2O2/c1-16-6-5-14-10-7(9(13)11(14)15)3-2-4-8(10)12/h2-4,9H,5-6,13H2,1H3. The second-order valence-electron chi connectivity index (χ2n) is 3.64. The molecule has 4 nitrogen and oxygen atoms in total. The number of hydrogen-bond donors (Lipinski definition) is 1. The Morgan fingerprint density at radius 2 is 2.31 bits per heavy atom. The van der Waals surface area contributed by atoms with Crippen LogP contribution >= 0.6 is 11.6 Å². The van der Waals surface area contributed by atoms with Crippen LogP contribution in [0, 0.1) is 0 Å². The van der Waals surface area contributed by atoms with Gasteiger partial charge < -0.3 is 15.4 Å². The number of para-hydroxylation sites is 1. The molecule has 0 aromatic heterocycles. The molecule has 2 rings (SSSR count). The van der Waals surface area contributed by atoms with Gasteiger partial charge in [-0.1, -0.05) is 23.7 Å². The van der Waals surface area contributed by atoms with E-state index in [9.17, 15) is 4.79 Å². The number of benzene rings is 1. The van der Waals surface area contributed by atoms with E-state index in [1.165, 1.54) is 0 Å². The molecule has 0 radical (unpaired) electrons. The number of amides is 1. The Morgan fingerprint density at radius 1 is 1.56 bits per heavy atom. The molecule has 1 heterocycles. The molecule has 1 aliphatic heterocycles. The Labute approximate surface area is 98.9 Å². The Morgan fingerprint density at radius 3 is 3.00 bits per heavy atom. The van der Waals surface area contributed by atoms with Gasteiger partial charge in [-0.25, -0.2) is 0 Å². The summed E-state index contributed by atoms with van der Waals surface area (Å²) < 4.78 is 4.96. The molecule has 0 fully saturated rings. The summed E-state index contributed by atoms with van der Waals surface area (Å²) in [5.74, 6) is -0.125. The maximum Gasteiger partial charge on any atom is 0.248 e. The summed E-state index contributed by atoms with van der Waals surface area (Å²) in [6.45, 7) is 0.933. The molecule has 16 heavy (non-hydrogen) atoms. The van der Waals surface area contributed by atoms with Gasteiger partial charge in [0.15, 0.2) is 0 Å². The first kappa shape index (κ1) is 11.4. The van der Waals surface area contributed by atoms with Crippen LogP contribution in [0.15, 0.2) is 18.2 Å². The molecule has 2 N–H and O–H groups in total. The number of anilines is 1. The molecule has 5 heteroatoms. The van der Waals surface area contributed by atoms with Gasteiger partial charge in [0.05, 0.1) is 17.3 Å². The first-order valence-corrected chi connectivity index (χ1v) is 5.39. The molecular weight excluding hydrogens is 228 g/mol. The lowest BCUT2D eigenvalue weighted by Crippen LogP contribution is -2.34. The lowest BCUT2D eigenvalue weighted by Gasteiger charge is -2.17. The molecule has 0 aliphatic carbocycles. The normalized spacial score (nSPS) is 19.1. The molecule has 1 aromatic carbocycles. The van der Waals surface area contributed by atoms with Crippen LogP contribution in [0.1, 0.15) is 11.6 Å². The summed E-state index contributed by atoms with van der Waals surface area (Å²) >= 11 is 6.08. The molecule has 0 bridgehead atoms. The maximum atomic E-state index is 11.9. The van der Waals surface area contributed by atoms with E-state index >= 15 is 0 Å². The van der Waals surface area contributed by atoms with E-state index in [4.69, 9.17) is 22.1 Å². The zero-order valence-electron chi connectivity index (χ0n) is 8.94. The number of fused-ring (bicyclic) bond motifs is 1. The first-order chi connectivity index (χ1) is 7.66. The summed E-state index contributed by atoms with van der Waals surface area (Å²) in [5, 5.41) is 0.551. The van der Waals surface area contributed by atoms with E-state index in [-0.39, 0.29) is 5.91 Å². The van der Waals surface area contributed by atoms with E-state index in [1.54, 1.807) is 24.1 Å². The van der Waals surface area contributed by atoms with Crippen LogP contribution < -0.4 is 10.6 Å². The largest absolute Gasteiger partial charge is 0.383 e. The minimum absolute atomic E-state index is 0.125. The number of hydrogen-bond acceptors (Lipinski definition) is 3. The number of nitrogens with zero attached hydrogens (tertiary/aromatic N) is 1. The Balaban J connectivity index is 2.39. The highest BCUT2D eigenvalue weighted by molar-refractivity contribution is 6.34. The number of halogens is 1. The molecule has 1 aliphatic rings. The predicted octanol–water partition coefficient (Wildman–Crippen LogP) is 1.33. The third kappa shape index (κ3) is 1.69. The van der Waals surface area contributed by atoms with Crippen molar-refractivity contribution in [3.63, 3.8) is 0 Å². The third-order valence-corrected chi connectivity index (χ3v) is 2.98. The van der Waals surface area contributed by atoms with Gasteiger partial charge in [-0.2, -0.15) is 0 Å². The van der Waals surface area contributed by atoms with E-state index in [2.05, 4.69) is 0 Å². The fourth-order valence-electron chi connectivity index (χ4n) is 1.88. The maximum absolute atomic E-state index is 11.9. The summed E-state index contributed by atoms with van der Waals surface area (Å²) in [5.41, 5.74) is 7.34. The molecule has 86 valence electrons. The van der Waals surface area contributed by atoms with Crippen molar-refractivity contribution in [1.29, 1.82) is 0 Å². The van der Waals surface area contributed by atoms with Gasteiger partial charge in [-0.15, -0.1) is 0 Å². The van der Waals surface area contributed by atoms with Crippen molar-refractivity contribution in [3.8, 4) is 0 Å². The number of ether oxygens (including phenoxy) is 1. The van der Waals surface area contributed by atoms with Crippen LogP contribution in [0.25, 0.3) is 0 Å². The Kier molecular flexibility index (Phi) is 3.14. The van der Waals surface area contributed by atoms with Gasteiger partial charge in [-0.3, -0.25) is 4.79 Å². The second kappa shape index (κ2) is 4.41. The van der Waals surface area contributed by atoms with Gasteiger partial charge >= 0.3 is 0 Å². The number of rotatable bonds is 3. The van der Waals surface area contributed by atoms with Crippen molar-refractivity contribution in [2.75, 3.05) is 25.2 Å². The lowest BCUT2D eigenvalue weighted by atomic mass is 10.1. The molecule has 1 amide bonds. The SMILES string of the molecule is COCCN1C(=O)C(N)c2cccc(Cl)c21. The highest BCUT2D eigenvalue weighted by Gasteiger charge is 2.35. The zero-order chi connectivity index (χ0) is 11.7. The van der Waals surface area contributed by atoms with Gasteiger partial charge in [-0.05, 0) is 6.07 Å². The Hall–Kier alpha value is -1.10. The first-order valence-electron chi connectivity index (χ1n) is 5.01. The highest BCUT2D eigenvalue weighted by atomic mass is 35.5. The minimum atomic E-state index is -0.606. The van der Waals surface area contributed by atoms with Crippen LogP contribution in [0.4, 0.5) is 5.69 Å². The van der Waals surface area contributed by atoms with Crippen LogP contribution in [0.5, 0.6) is 0 Å². The summed E-state index contributed by atoms with van der Waals surface area (Å²) in [6.07, 6.45) is 0. The van der Waals surface area contributed by atoms with Crippen LogP contribution in [0.3, 0.4) is 0 Å². The minimum Gasteiger partial charge on any atom is -0.383 e. The van der Waals surface area contributed by atoms with Gasteiger partial charge in [0.25, 0.3) is 0 Å². The van der Waals surface area contributed by atoms with Crippen LogP contribution in [0.2, 0.25) is 5.02 Å². The van der Waals surface area contributed by atoms with E-state index in [0.717, 1.165) is 11.3 Å². The lowest BCUT2D eigenvalue weighted by molar-refractivity contribution is -0.119. The molecule has 1 aromatic rings. The fourth-order valence-corrected chi connectivity index (χ4v) is 2.17. The average Bonchev–Trinajstić information content (AvgIpc) is 2.52. The molecule has 0 spiro atoms. The quantitative estimate of drug-likeness (QED) is 0.867. The molecule has 0 saturated carbocycles. The summed E-state index contributed by atoms with van der Waals surface area (Å²) in [6, 6.07) is 4.78. The topological polar surface area (TPSA) is 55.6 Å². The van der Waals surface area contributed by atoms with Crippen molar-refractivity contribution in [3.05, 3.63) is 28.8 Å². The van der Waals surface area contributed by atoms with Gasteiger partial charge in [0, 0.05) is 19.2 Å². The van der Waals surface area contributed by atoms with Crippen LogP contribution in [-0.4, -0.2) is 26.2 Å². The van der Waals surface area contributed by atoms with Crippen LogP contribution in [-0.2, 0) is 9.53 Å². The van der Waals surface area contributed by atoms with Gasteiger partial charge in [0.1, 0.15) is 6.04 Å². The predicted molar refractivity (Wildman–Crippen MR) is 62.6 cm³/mol. The summed E-state index contributed by atoms with van der Waals surface area (Å²) in [4.78, 5) is 13.5. The third-order valence-electron chi connectivity index (χ3n) is 2.67. The van der Waals surface area contributed by atoms with Crippen molar-refractivity contribution in [2.45, 2.75) is 6.04 Å². The monoisotopic (exact) mass is 240 g/mol. The van der Waals surface area contributed by atoms with Crippen molar-refractivity contribution in [2.24, 2.45) is 5.73 Å². The van der Waals surface area contributed by atoms with E-state index in [0.29, 0.717) is 18.2 Å². The van der Waals surface area contributed by atoms with Crippen molar-refractivity contribution < 1.29 is 9.53 Å².